The molecule has 0 saturated carbocycles. The van der Waals surface area contributed by atoms with Crippen LogP contribution in [-0.2, 0) is 0 Å². The highest BCUT2D eigenvalue weighted by Gasteiger charge is 2.16. The number of methoxy groups -OCH3 is 1. The van der Waals surface area contributed by atoms with Crippen molar-refractivity contribution in [3.8, 4) is 5.75 Å². The Balaban J connectivity index is 3.42. The number of benzene rings is 1. The summed E-state index contributed by atoms with van der Waals surface area (Å²) in [7, 11) is 1.40. The van der Waals surface area contributed by atoms with Crippen LogP contribution in [0.2, 0.25) is 0 Å². The zero-order chi connectivity index (χ0) is 10.6. The molecule has 0 fully saturated rings. The summed E-state index contributed by atoms with van der Waals surface area (Å²) in [5.41, 5.74) is -0.0586. The molecule has 0 spiro atoms. The Morgan fingerprint density at radius 2 is 2.36 bits per heavy atom. The number of thiocarbonyl (C=S) groups is 1. The first kappa shape index (κ1) is 10.3. The first-order chi connectivity index (χ1) is 6.70. The van der Waals surface area contributed by atoms with E-state index in [4.69, 9.17) is 4.74 Å². The number of para-hydroxylation sites is 1. The van der Waals surface area contributed by atoms with E-state index in [1.165, 1.54) is 19.2 Å². The van der Waals surface area contributed by atoms with Gasteiger partial charge in [-0.2, -0.15) is 4.99 Å². The van der Waals surface area contributed by atoms with Crippen molar-refractivity contribution in [2.24, 2.45) is 4.99 Å². The van der Waals surface area contributed by atoms with Crippen LogP contribution in [0.4, 0.5) is 11.4 Å². The number of nitro groups is 1. The highest BCUT2D eigenvalue weighted by molar-refractivity contribution is 7.78. The largest absolute Gasteiger partial charge is 0.494 e. The lowest BCUT2D eigenvalue weighted by atomic mass is 10.2. The van der Waals surface area contributed by atoms with E-state index < -0.39 is 4.92 Å². The number of rotatable bonds is 3. The molecule has 0 saturated heterocycles. The number of nitrogens with zero attached hydrogens (tertiary/aromatic N) is 2. The van der Waals surface area contributed by atoms with Crippen molar-refractivity contribution in [3.05, 3.63) is 28.3 Å². The Hall–Kier alpha value is -1.78. The Morgan fingerprint density at radius 1 is 1.64 bits per heavy atom. The maximum Gasteiger partial charge on any atom is 0.299 e. The second-order valence-electron chi connectivity index (χ2n) is 2.29. The van der Waals surface area contributed by atoms with Crippen molar-refractivity contribution < 1.29 is 9.66 Å². The lowest BCUT2D eigenvalue weighted by Crippen LogP contribution is -1.91. The van der Waals surface area contributed by atoms with Crippen LogP contribution in [0.25, 0.3) is 0 Å². The Kier molecular flexibility index (Phi) is 3.28. The number of ether oxygens (including phenoxy) is 1. The molecular weight excluding hydrogens is 204 g/mol. The fraction of sp³-hybridized carbons (Fsp3) is 0.125. The SMILES string of the molecule is COc1cccc([N+](=O)[O-])c1N=C=S. The maximum atomic E-state index is 10.6. The summed E-state index contributed by atoms with van der Waals surface area (Å²) < 4.78 is 4.90. The highest BCUT2D eigenvalue weighted by Crippen LogP contribution is 2.36. The van der Waals surface area contributed by atoms with Gasteiger partial charge in [0.25, 0.3) is 5.69 Å². The van der Waals surface area contributed by atoms with Crippen molar-refractivity contribution in [1.29, 1.82) is 0 Å². The molecule has 72 valence electrons. The molecule has 6 heteroatoms. The normalized spacial score (nSPS) is 8.93. The Morgan fingerprint density at radius 3 is 2.86 bits per heavy atom. The van der Waals surface area contributed by atoms with Crippen LogP contribution in [0.5, 0.6) is 5.75 Å². The fourth-order valence-corrected chi connectivity index (χ4v) is 1.07. The highest BCUT2D eigenvalue weighted by atomic mass is 32.1. The monoisotopic (exact) mass is 210 g/mol. The van der Waals surface area contributed by atoms with Gasteiger partial charge in [-0.05, 0) is 18.3 Å². The fourth-order valence-electron chi connectivity index (χ4n) is 0.981. The van der Waals surface area contributed by atoms with Gasteiger partial charge in [0, 0.05) is 6.07 Å². The third-order valence-corrected chi connectivity index (χ3v) is 1.64. The van der Waals surface area contributed by atoms with E-state index in [1.54, 1.807) is 6.07 Å². The molecule has 0 radical (unpaired) electrons. The summed E-state index contributed by atoms with van der Waals surface area (Å²) in [4.78, 5) is 13.6. The van der Waals surface area contributed by atoms with Gasteiger partial charge in [-0.3, -0.25) is 10.1 Å². The number of nitro benzene ring substituents is 1. The Labute approximate surface area is 85.2 Å². The average Bonchev–Trinajstić information content (AvgIpc) is 2.18. The summed E-state index contributed by atoms with van der Waals surface area (Å²) in [6.45, 7) is 0. The van der Waals surface area contributed by atoms with E-state index in [-0.39, 0.29) is 11.4 Å². The molecule has 1 aromatic rings. The molecule has 5 nitrogen and oxygen atoms in total. The summed E-state index contributed by atoms with van der Waals surface area (Å²) in [6, 6.07) is 4.41. The van der Waals surface area contributed by atoms with Gasteiger partial charge in [-0.15, -0.1) is 0 Å². The first-order valence-electron chi connectivity index (χ1n) is 3.60. The Bertz CT molecular complexity index is 413. The van der Waals surface area contributed by atoms with Gasteiger partial charge in [0.1, 0.15) is 0 Å². The second-order valence-corrected chi connectivity index (χ2v) is 2.47. The molecule has 0 aliphatic rings. The predicted octanol–water partition coefficient (Wildman–Crippen LogP) is 2.34. The summed E-state index contributed by atoms with van der Waals surface area (Å²) >= 11 is 4.39. The lowest BCUT2D eigenvalue weighted by Gasteiger charge is -2.02. The zero-order valence-electron chi connectivity index (χ0n) is 7.26. The molecule has 0 unspecified atom stereocenters. The van der Waals surface area contributed by atoms with Crippen molar-refractivity contribution >= 4 is 28.8 Å². The zero-order valence-corrected chi connectivity index (χ0v) is 8.08. The van der Waals surface area contributed by atoms with Gasteiger partial charge in [0.05, 0.1) is 17.2 Å². The summed E-state index contributed by atoms with van der Waals surface area (Å²) in [6.07, 6.45) is 0. The molecule has 0 N–H and O–H groups in total. The minimum absolute atomic E-state index is 0.0926. The molecular formula is C8H6N2O3S. The molecule has 0 aliphatic heterocycles. The number of isothiocyanates is 1. The van der Waals surface area contributed by atoms with Crippen LogP contribution < -0.4 is 4.74 Å². The molecule has 0 aromatic heterocycles. The van der Waals surface area contributed by atoms with Crippen LogP contribution in [0.3, 0.4) is 0 Å². The second kappa shape index (κ2) is 4.45. The number of aliphatic imine (C=N–C) groups is 1. The van der Waals surface area contributed by atoms with Gasteiger partial charge in [-0.25, -0.2) is 0 Å². The van der Waals surface area contributed by atoms with E-state index in [9.17, 15) is 10.1 Å². The van der Waals surface area contributed by atoms with Crippen molar-refractivity contribution in [3.63, 3.8) is 0 Å². The third kappa shape index (κ3) is 1.93. The molecule has 0 aliphatic carbocycles. The van der Waals surface area contributed by atoms with Crippen LogP contribution in [0.15, 0.2) is 23.2 Å². The van der Waals surface area contributed by atoms with E-state index in [1.807, 2.05) is 0 Å². The quantitative estimate of drug-likeness (QED) is 0.332. The predicted molar refractivity (Wildman–Crippen MR) is 54.3 cm³/mol. The van der Waals surface area contributed by atoms with Crippen molar-refractivity contribution in [1.82, 2.24) is 0 Å². The van der Waals surface area contributed by atoms with E-state index in [2.05, 4.69) is 22.4 Å². The lowest BCUT2D eigenvalue weighted by molar-refractivity contribution is -0.384. The maximum absolute atomic E-state index is 10.6. The summed E-state index contributed by atoms with van der Waals surface area (Å²) in [5, 5.41) is 12.7. The summed E-state index contributed by atoms with van der Waals surface area (Å²) in [5.74, 6) is 0.302. The van der Waals surface area contributed by atoms with E-state index >= 15 is 0 Å². The molecule has 1 aromatic carbocycles. The molecule has 0 atom stereocenters. The first-order valence-corrected chi connectivity index (χ1v) is 4.00. The number of hydrogen-bond donors (Lipinski definition) is 0. The third-order valence-electron chi connectivity index (χ3n) is 1.55. The van der Waals surface area contributed by atoms with Crippen LogP contribution in [0.1, 0.15) is 0 Å². The minimum atomic E-state index is -0.548. The average molecular weight is 210 g/mol. The smallest absolute Gasteiger partial charge is 0.299 e. The topological polar surface area (TPSA) is 64.7 Å². The van der Waals surface area contributed by atoms with Crippen molar-refractivity contribution in [2.75, 3.05) is 7.11 Å². The van der Waals surface area contributed by atoms with Crippen molar-refractivity contribution in [2.45, 2.75) is 0 Å². The van der Waals surface area contributed by atoms with Gasteiger partial charge >= 0.3 is 0 Å². The van der Waals surface area contributed by atoms with Gasteiger partial charge in [0.2, 0.25) is 0 Å². The molecule has 0 amide bonds. The number of hydrogen-bond acceptors (Lipinski definition) is 5. The molecule has 1 rings (SSSR count). The van der Waals surface area contributed by atoms with Crippen LogP contribution in [0, 0.1) is 10.1 Å². The molecule has 0 heterocycles. The van der Waals surface area contributed by atoms with Crippen LogP contribution in [-0.4, -0.2) is 17.2 Å². The van der Waals surface area contributed by atoms with Gasteiger partial charge < -0.3 is 4.74 Å². The molecule has 14 heavy (non-hydrogen) atoms. The van der Waals surface area contributed by atoms with Gasteiger partial charge in [-0.1, -0.05) is 6.07 Å². The standard InChI is InChI=1S/C8H6N2O3S/c1-13-7-4-2-3-6(10(11)12)8(7)9-5-14/h2-4H,1H3. The van der Waals surface area contributed by atoms with Gasteiger partial charge in [0.15, 0.2) is 11.4 Å². The molecule has 0 bridgehead atoms. The van der Waals surface area contributed by atoms with E-state index in [0.29, 0.717) is 5.75 Å². The minimum Gasteiger partial charge on any atom is -0.494 e. The van der Waals surface area contributed by atoms with Crippen LogP contribution >= 0.6 is 12.2 Å². The van der Waals surface area contributed by atoms with E-state index in [0.717, 1.165) is 0 Å².